The maximum atomic E-state index is 13.3. The van der Waals surface area contributed by atoms with E-state index in [4.69, 9.17) is 0 Å². The van der Waals surface area contributed by atoms with Crippen LogP contribution in [0, 0.1) is 5.82 Å². The molecule has 1 saturated heterocycles. The summed E-state index contributed by atoms with van der Waals surface area (Å²) in [4.78, 5) is 23.4. The van der Waals surface area contributed by atoms with Crippen LogP contribution in [0.5, 0.6) is 0 Å². The molecule has 0 spiro atoms. The molecule has 0 radical (unpaired) electrons. The van der Waals surface area contributed by atoms with Crippen molar-refractivity contribution in [1.29, 1.82) is 0 Å². The van der Waals surface area contributed by atoms with Gasteiger partial charge in [0.1, 0.15) is 5.82 Å². The largest absolute Gasteiger partial charge is 0.345 e. The maximum Gasteiger partial charge on any atom is 0.313 e. The van der Waals surface area contributed by atoms with Gasteiger partial charge < -0.3 is 16.0 Å². The van der Waals surface area contributed by atoms with E-state index in [0.717, 1.165) is 32.0 Å². The average molecular weight is 344 g/mol. The molecule has 1 aromatic carbocycles. The van der Waals surface area contributed by atoms with Gasteiger partial charge in [0, 0.05) is 11.7 Å². The Kier molecular flexibility index (Phi) is 5.08. The van der Waals surface area contributed by atoms with Crippen LogP contribution in [0.3, 0.4) is 0 Å². The molecule has 2 rings (SSSR count). The third-order valence-corrected chi connectivity index (χ3v) is 3.70. The lowest BCUT2D eigenvalue weighted by atomic mass is 10.1. The lowest BCUT2D eigenvalue weighted by molar-refractivity contribution is -0.136. The first-order valence-electron chi connectivity index (χ1n) is 6.34. The molecule has 2 amide bonds. The van der Waals surface area contributed by atoms with E-state index < -0.39 is 17.6 Å². The van der Waals surface area contributed by atoms with Crippen LogP contribution in [0.25, 0.3) is 0 Å². The van der Waals surface area contributed by atoms with Crippen molar-refractivity contribution in [3.8, 4) is 0 Å². The molecule has 0 aromatic heterocycles. The first kappa shape index (κ1) is 14.9. The minimum absolute atomic E-state index is 0.0103. The summed E-state index contributed by atoms with van der Waals surface area (Å²) in [5.74, 6) is -1.98. The number of amides is 2. The molecule has 0 atom stereocenters. The highest BCUT2D eigenvalue weighted by atomic mass is 79.9. The zero-order valence-electron chi connectivity index (χ0n) is 10.7. The fraction of sp³-hybridized carbons (Fsp3) is 0.385. The fourth-order valence-electron chi connectivity index (χ4n) is 1.98. The van der Waals surface area contributed by atoms with Gasteiger partial charge in [-0.2, -0.15) is 0 Å². The smallest absolute Gasteiger partial charge is 0.313 e. The molecule has 1 heterocycles. The molecule has 3 N–H and O–H groups in total. The number of anilines is 1. The van der Waals surface area contributed by atoms with Crippen LogP contribution in [-0.4, -0.2) is 30.9 Å². The topological polar surface area (TPSA) is 70.2 Å². The van der Waals surface area contributed by atoms with E-state index >= 15 is 0 Å². The Morgan fingerprint density at radius 1 is 1.25 bits per heavy atom. The van der Waals surface area contributed by atoms with Crippen molar-refractivity contribution in [3.63, 3.8) is 0 Å². The van der Waals surface area contributed by atoms with Gasteiger partial charge in [-0.1, -0.05) is 0 Å². The standard InChI is InChI=1S/C13H15BrFN3O2/c14-10-2-1-9(7-11(10)15)18-13(20)12(19)17-8-3-5-16-6-4-8/h1-2,7-8,16H,3-6H2,(H,17,19)(H,18,20). The Labute approximate surface area is 124 Å². The van der Waals surface area contributed by atoms with Gasteiger partial charge in [-0.05, 0) is 60.1 Å². The third kappa shape index (κ3) is 4.01. The molecule has 5 nitrogen and oxygen atoms in total. The number of carbonyl (C=O) groups excluding carboxylic acids is 2. The molecule has 0 saturated carbocycles. The molecule has 108 valence electrons. The second-order valence-corrected chi connectivity index (χ2v) is 5.44. The van der Waals surface area contributed by atoms with Gasteiger partial charge in [0.2, 0.25) is 0 Å². The highest BCUT2D eigenvalue weighted by Crippen LogP contribution is 2.19. The second kappa shape index (κ2) is 6.81. The summed E-state index contributed by atoms with van der Waals surface area (Å²) in [7, 11) is 0. The number of benzene rings is 1. The Morgan fingerprint density at radius 2 is 1.95 bits per heavy atom. The van der Waals surface area contributed by atoms with E-state index in [1.54, 1.807) is 0 Å². The molecular formula is C13H15BrFN3O2. The van der Waals surface area contributed by atoms with Crippen molar-refractivity contribution in [3.05, 3.63) is 28.5 Å². The quantitative estimate of drug-likeness (QED) is 0.711. The number of nitrogens with one attached hydrogen (secondary N) is 3. The van der Waals surface area contributed by atoms with Crippen molar-refractivity contribution in [1.82, 2.24) is 10.6 Å². The average Bonchev–Trinajstić information content (AvgIpc) is 2.44. The SMILES string of the molecule is O=C(Nc1ccc(Br)c(F)c1)C(=O)NC1CCNCC1. The van der Waals surface area contributed by atoms with Crippen LogP contribution in [0.4, 0.5) is 10.1 Å². The van der Waals surface area contributed by atoms with Crippen LogP contribution in [0.1, 0.15) is 12.8 Å². The van der Waals surface area contributed by atoms with E-state index in [1.165, 1.54) is 12.1 Å². The number of carbonyl (C=O) groups is 2. The van der Waals surface area contributed by atoms with Crippen molar-refractivity contribution in [2.24, 2.45) is 0 Å². The summed E-state index contributed by atoms with van der Waals surface area (Å²) in [6.45, 7) is 1.65. The van der Waals surface area contributed by atoms with Crippen LogP contribution < -0.4 is 16.0 Å². The lowest BCUT2D eigenvalue weighted by Crippen LogP contribution is -2.46. The van der Waals surface area contributed by atoms with E-state index in [2.05, 4.69) is 31.9 Å². The van der Waals surface area contributed by atoms with Crippen molar-refractivity contribution < 1.29 is 14.0 Å². The van der Waals surface area contributed by atoms with Gasteiger partial charge in [0.15, 0.2) is 0 Å². The van der Waals surface area contributed by atoms with Gasteiger partial charge in [-0.25, -0.2) is 4.39 Å². The summed E-state index contributed by atoms with van der Waals surface area (Å²) in [5, 5.41) is 8.21. The normalized spacial score (nSPS) is 15.7. The predicted molar refractivity (Wildman–Crippen MR) is 76.8 cm³/mol. The Balaban J connectivity index is 1.89. The summed E-state index contributed by atoms with van der Waals surface area (Å²) in [5.41, 5.74) is 0.246. The molecule has 0 aliphatic carbocycles. The lowest BCUT2D eigenvalue weighted by Gasteiger charge is -2.23. The van der Waals surface area contributed by atoms with Crippen molar-refractivity contribution in [2.45, 2.75) is 18.9 Å². The fourth-order valence-corrected chi connectivity index (χ4v) is 2.23. The first-order chi connectivity index (χ1) is 9.56. The summed E-state index contributed by atoms with van der Waals surface area (Å²) < 4.78 is 13.6. The molecular weight excluding hydrogens is 329 g/mol. The molecule has 1 aliphatic heterocycles. The highest BCUT2D eigenvalue weighted by Gasteiger charge is 2.20. The molecule has 1 fully saturated rings. The van der Waals surface area contributed by atoms with Crippen LogP contribution in [0.15, 0.2) is 22.7 Å². The molecule has 20 heavy (non-hydrogen) atoms. The Morgan fingerprint density at radius 3 is 2.60 bits per heavy atom. The molecule has 1 aromatic rings. The molecule has 0 bridgehead atoms. The maximum absolute atomic E-state index is 13.3. The van der Waals surface area contributed by atoms with E-state index in [-0.39, 0.29) is 11.7 Å². The second-order valence-electron chi connectivity index (χ2n) is 4.58. The summed E-state index contributed by atoms with van der Waals surface area (Å²) in [6.07, 6.45) is 1.60. The molecule has 0 unspecified atom stereocenters. The zero-order valence-corrected chi connectivity index (χ0v) is 12.3. The van der Waals surface area contributed by atoms with E-state index in [9.17, 15) is 14.0 Å². The number of piperidine rings is 1. The molecule has 1 aliphatic rings. The van der Waals surface area contributed by atoms with E-state index in [0.29, 0.717) is 4.47 Å². The van der Waals surface area contributed by atoms with Gasteiger partial charge >= 0.3 is 11.8 Å². The van der Waals surface area contributed by atoms with Crippen LogP contribution >= 0.6 is 15.9 Å². The van der Waals surface area contributed by atoms with Gasteiger partial charge in [0.25, 0.3) is 0 Å². The monoisotopic (exact) mass is 343 g/mol. The summed E-state index contributed by atoms with van der Waals surface area (Å²) >= 11 is 3.02. The number of hydrogen-bond acceptors (Lipinski definition) is 3. The molecule has 7 heteroatoms. The number of halogens is 2. The van der Waals surface area contributed by atoms with Crippen molar-refractivity contribution >= 4 is 33.4 Å². The first-order valence-corrected chi connectivity index (χ1v) is 7.13. The zero-order chi connectivity index (χ0) is 14.5. The minimum Gasteiger partial charge on any atom is -0.345 e. The number of rotatable bonds is 2. The minimum atomic E-state index is -0.787. The Hall–Kier alpha value is -1.47. The van der Waals surface area contributed by atoms with Gasteiger partial charge in [-0.15, -0.1) is 0 Å². The predicted octanol–water partition coefficient (Wildman–Crippen LogP) is 1.39. The summed E-state index contributed by atoms with van der Waals surface area (Å²) in [6, 6.07) is 4.15. The Bertz CT molecular complexity index is 518. The van der Waals surface area contributed by atoms with Crippen molar-refractivity contribution in [2.75, 3.05) is 18.4 Å². The number of hydrogen-bond donors (Lipinski definition) is 3. The van der Waals surface area contributed by atoms with Crippen LogP contribution in [0.2, 0.25) is 0 Å². The van der Waals surface area contributed by atoms with Gasteiger partial charge in [-0.3, -0.25) is 9.59 Å². The third-order valence-electron chi connectivity index (χ3n) is 3.06. The van der Waals surface area contributed by atoms with Gasteiger partial charge in [0.05, 0.1) is 4.47 Å². The van der Waals surface area contributed by atoms with E-state index in [1.807, 2.05) is 0 Å². The highest BCUT2D eigenvalue weighted by molar-refractivity contribution is 9.10. The van der Waals surface area contributed by atoms with Crippen LogP contribution in [-0.2, 0) is 9.59 Å².